The van der Waals surface area contributed by atoms with Gasteiger partial charge in [0, 0.05) is 0 Å². The van der Waals surface area contributed by atoms with E-state index in [-0.39, 0.29) is 5.56 Å². The number of nitrogens with zero attached hydrogens (tertiary/aromatic N) is 3. The molecule has 2 rings (SSSR count). The summed E-state index contributed by atoms with van der Waals surface area (Å²) in [4.78, 5) is 22.3. The molecule has 0 atom stereocenters. The van der Waals surface area contributed by atoms with Gasteiger partial charge in [0.15, 0.2) is 0 Å². The summed E-state index contributed by atoms with van der Waals surface area (Å²) in [7, 11) is 0. The molecule has 2 heterocycles. The van der Waals surface area contributed by atoms with Gasteiger partial charge in [-0.25, -0.2) is 0 Å². The first-order valence-corrected chi connectivity index (χ1v) is 11.9. The second kappa shape index (κ2) is 3.10. The van der Waals surface area contributed by atoms with Crippen LogP contribution in [0.3, 0.4) is 0 Å². The maximum absolute atomic E-state index is 11.7. The topological polar surface area (TPSA) is 89.6 Å². The molecule has 0 amide bonds. The second-order valence-electron chi connectivity index (χ2n) is 2.62. The van der Waals surface area contributed by atoms with Gasteiger partial charge in [0.1, 0.15) is 0 Å². The summed E-state index contributed by atoms with van der Waals surface area (Å²) < 4.78 is 3.67. The number of fused-ring (bicyclic) bond motifs is 1. The zero-order valence-corrected chi connectivity index (χ0v) is 12.6. The molecule has 0 aliphatic heterocycles. The molecule has 0 saturated heterocycles. The molecule has 0 saturated carbocycles. The van der Waals surface area contributed by atoms with Gasteiger partial charge in [-0.05, 0) is 0 Å². The van der Waals surface area contributed by atoms with E-state index in [1.165, 1.54) is 6.33 Å². The fourth-order valence-electron chi connectivity index (χ4n) is 1.24. The van der Waals surface area contributed by atoms with E-state index >= 15 is 0 Å². The number of imidazole rings is 1. The monoisotopic (exact) mass is 367 g/mol. The predicted molar refractivity (Wildman–Crippen MR) is 43.8 cm³/mol. The van der Waals surface area contributed by atoms with Gasteiger partial charge >= 0.3 is 86.1 Å². The molecule has 3 N–H and O–H groups in total. The van der Waals surface area contributed by atoms with Crippen LogP contribution in [0.25, 0.3) is 11.2 Å². The van der Waals surface area contributed by atoms with E-state index in [0.29, 0.717) is 17.1 Å². The molecule has 6 nitrogen and oxygen atoms in total. The van der Waals surface area contributed by atoms with E-state index in [9.17, 15) is 4.79 Å². The number of hydrogen-bond donors (Lipinski definition) is 2. The van der Waals surface area contributed by atoms with Gasteiger partial charge in [-0.1, -0.05) is 0 Å². The van der Waals surface area contributed by atoms with Gasteiger partial charge < -0.3 is 0 Å². The van der Waals surface area contributed by atoms with Gasteiger partial charge in [0.25, 0.3) is 0 Å². The quantitative estimate of drug-likeness (QED) is 0.673. The van der Waals surface area contributed by atoms with Gasteiger partial charge in [0.05, 0.1) is 0 Å². The minimum atomic E-state index is -1.37. The number of aromatic amines is 1. The average molecular weight is 366 g/mol. The van der Waals surface area contributed by atoms with Crippen LogP contribution < -0.4 is 11.3 Å². The SMILES string of the molecule is [CH3][Hg][n]1c(N)nc2nc[nH]c2c1=O. The first kappa shape index (κ1) is 8.67. The van der Waals surface area contributed by atoms with Crippen LogP contribution in [0.2, 0.25) is 4.43 Å². The summed E-state index contributed by atoms with van der Waals surface area (Å²) in [6.07, 6.45) is 1.45. The van der Waals surface area contributed by atoms with Crippen molar-refractivity contribution in [2.24, 2.45) is 0 Å². The summed E-state index contributed by atoms with van der Waals surface area (Å²) >= 11 is -1.37. The van der Waals surface area contributed by atoms with Crippen LogP contribution in [-0.4, -0.2) is 17.3 Å². The summed E-state index contributed by atoms with van der Waals surface area (Å²) in [5.74, 6) is 0.300. The van der Waals surface area contributed by atoms with Crippen molar-refractivity contribution in [1.82, 2.24) is 17.3 Å². The molecule has 0 fully saturated rings. The molecule has 64 valence electrons. The van der Waals surface area contributed by atoms with Crippen LogP contribution >= 0.6 is 0 Å². The molecule has 0 unspecified atom stereocenters. The van der Waals surface area contributed by atoms with E-state index in [0.717, 1.165) is 0 Å². The molecule has 7 heteroatoms. The molecular weight excluding hydrogens is 359 g/mol. The van der Waals surface area contributed by atoms with Gasteiger partial charge in [-0.3, -0.25) is 0 Å². The third-order valence-electron chi connectivity index (χ3n) is 1.89. The fourth-order valence-corrected chi connectivity index (χ4v) is 4.51. The van der Waals surface area contributed by atoms with Crippen molar-refractivity contribution in [1.29, 1.82) is 0 Å². The molecule has 0 spiro atoms. The Labute approximate surface area is 86.0 Å². The Morgan fingerprint density at radius 3 is 3.15 bits per heavy atom. The van der Waals surface area contributed by atoms with Crippen molar-refractivity contribution >= 4 is 17.1 Å². The van der Waals surface area contributed by atoms with Crippen LogP contribution in [0.1, 0.15) is 0 Å². The van der Waals surface area contributed by atoms with Crippen LogP contribution in [-0.2, 0) is 24.9 Å². The first-order chi connectivity index (χ1) is 6.24. The van der Waals surface area contributed by atoms with Crippen molar-refractivity contribution in [2.75, 3.05) is 5.73 Å². The number of nitrogens with two attached hydrogens (primary N) is 1. The fraction of sp³-hybridized carbons (Fsp3) is 0.167. The van der Waals surface area contributed by atoms with E-state index in [1.807, 2.05) is 0 Å². The van der Waals surface area contributed by atoms with Gasteiger partial charge in [-0.2, -0.15) is 0 Å². The molecular formula is C6H7HgN5O. The Kier molecular flexibility index (Phi) is 2.07. The molecule has 0 aromatic carbocycles. The van der Waals surface area contributed by atoms with Crippen LogP contribution in [0, 0.1) is 0 Å². The summed E-state index contributed by atoms with van der Waals surface area (Å²) in [5.41, 5.74) is 6.39. The summed E-state index contributed by atoms with van der Waals surface area (Å²) in [5, 5.41) is 0. The van der Waals surface area contributed by atoms with Gasteiger partial charge in [-0.15, -0.1) is 0 Å². The summed E-state index contributed by atoms with van der Waals surface area (Å²) in [6.45, 7) is 0. The maximum atomic E-state index is 11.7. The average Bonchev–Trinajstić information content (AvgIpc) is 2.53. The third-order valence-corrected chi connectivity index (χ3v) is 6.73. The zero-order valence-electron chi connectivity index (χ0n) is 7.11. The van der Waals surface area contributed by atoms with Gasteiger partial charge in [0.2, 0.25) is 0 Å². The number of aromatic nitrogens is 4. The number of anilines is 1. The Bertz CT molecular complexity index is 501. The van der Waals surface area contributed by atoms with E-state index in [2.05, 4.69) is 19.4 Å². The van der Waals surface area contributed by atoms with Crippen LogP contribution in [0.15, 0.2) is 11.1 Å². The first-order valence-electron chi connectivity index (χ1n) is 3.93. The Morgan fingerprint density at radius 1 is 1.69 bits per heavy atom. The summed E-state index contributed by atoms with van der Waals surface area (Å²) in [6, 6.07) is 0. The van der Waals surface area contributed by atoms with E-state index < -0.39 is 24.9 Å². The standard InChI is InChI=1S/C5H5N5O.CH3.Hg/c6-5-9-3-2(4(11)10-5)7-1-8-3;;/h1H,(H4,6,7,8,9,10,11);1H3;/q;;+1/p-1. The minimum absolute atomic E-state index is 0.0795. The third kappa shape index (κ3) is 1.25. The second-order valence-corrected chi connectivity index (χ2v) is 7.54. The number of rotatable bonds is 1. The molecule has 0 aliphatic carbocycles. The van der Waals surface area contributed by atoms with E-state index in [4.69, 9.17) is 5.73 Å². The van der Waals surface area contributed by atoms with Crippen LogP contribution in [0.4, 0.5) is 5.95 Å². The Hall–Kier alpha value is -0.915. The molecule has 0 radical (unpaired) electrons. The molecule has 2 aromatic heterocycles. The van der Waals surface area contributed by atoms with Crippen molar-refractivity contribution in [3.63, 3.8) is 0 Å². The molecule has 0 bridgehead atoms. The Morgan fingerprint density at radius 2 is 2.46 bits per heavy atom. The number of nitrogens with one attached hydrogen (secondary N) is 1. The normalized spacial score (nSPS) is 10.2. The van der Waals surface area contributed by atoms with Crippen LogP contribution in [0.5, 0.6) is 0 Å². The number of nitrogen functional groups attached to an aromatic ring is 1. The van der Waals surface area contributed by atoms with Crippen molar-refractivity contribution in [3.05, 3.63) is 16.7 Å². The zero-order chi connectivity index (χ0) is 9.42. The molecule has 13 heavy (non-hydrogen) atoms. The predicted octanol–water partition coefficient (Wildman–Crippen LogP) is -0.404. The Balaban J connectivity index is 2.93. The molecule has 0 aliphatic rings. The van der Waals surface area contributed by atoms with E-state index in [1.54, 1.807) is 2.33 Å². The number of hydrogen-bond acceptors (Lipinski definition) is 4. The van der Waals surface area contributed by atoms with Crippen molar-refractivity contribution in [3.8, 4) is 0 Å². The van der Waals surface area contributed by atoms with Crippen molar-refractivity contribution in [2.45, 2.75) is 4.43 Å². The van der Waals surface area contributed by atoms with Crippen molar-refractivity contribution < 1.29 is 24.9 Å². The molecule has 2 aromatic rings. The number of H-pyrrole nitrogens is 1.